The predicted octanol–water partition coefficient (Wildman–Crippen LogP) is 2.00. The smallest absolute Gasteiger partial charge is 0.344 e. The molecule has 0 spiro atoms. The number of benzene rings is 1. The van der Waals surface area contributed by atoms with Crippen LogP contribution in [0.5, 0.6) is 0 Å². The number of hydrogen-bond acceptors (Lipinski definition) is 7. The Morgan fingerprint density at radius 3 is 2.54 bits per heavy atom. The monoisotopic (exact) mass is 358 g/mol. The standard InChI is InChI=1S/C18H22N4O4/c1-11(10-25-3)26-18(23)14-15-17(22(16(14)19)8-9-24-2)21-13-7-5-4-6-12(13)20-15/h4-7,11H,8-10,19H2,1-3H3/t11-/m1/s1. The van der Waals surface area contributed by atoms with Crippen molar-refractivity contribution < 1.29 is 19.0 Å². The largest absolute Gasteiger partial charge is 0.456 e. The molecule has 0 saturated carbocycles. The second-order valence-corrected chi connectivity index (χ2v) is 5.96. The lowest BCUT2D eigenvalue weighted by atomic mass is 10.2. The van der Waals surface area contributed by atoms with Gasteiger partial charge in [-0.1, -0.05) is 12.1 Å². The lowest BCUT2D eigenvalue weighted by molar-refractivity contribution is 0.0123. The highest BCUT2D eigenvalue weighted by Crippen LogP contribution is 2.28. The molecular formula is C18H22N4O4. The summed E-state index contributed by atoms with van der Waals surface area (Å²) in [6.45, 7) is 2.93. The number of fused-ring (bicyclic) bond motifs is 2. The van der Waals surface area contributed by atoms with Crippen molar-refractivity contribution in [3.63, 3.8) is 0 Å². The highest BCUT2D eigenvalue weighted by molar-refractivity contribution is 6.08. The second-order valence-electron chi connectivity index (χ2n) is 5.96. The summed E-state index contributed by atoms with van der Waals surface area (Å²) in [6.07, 6.45) is -0.405. The van der Waals surface area contributed by atoms with Gasteiger partial charge in [-0.15, -0.1) is 0 Å². The molecule has 0 unspecified atom stereocenters. The Bertz CT molecular complexity index is 938. The number of esters is 1. The van der Waals surface area contributed by atoms with Gasteiger partial charge in [-0.2, -0.15) is 0 Å². The number of aromatic nitrogens is 3. The number of methoxy groups -OCH3 is 2. The topological polar surface area (TPSA) is 101 Å². The summed E-state index contributed by atoms with van der Waals surface area (Å²) in [7, 11) is 3.15. The predicted molar refractivity (Wildman–Crippen MR) is 98.1 cm³/mol. The number of para-hydroxylation sites is 2. The zero-order chi connectivity index (χ0) is 18.7. The van der Waals surface area contributed by atoms with Crippen LogP contribution in [0.25, 0.3) is 22.2 Å². The van der Waals surface area contributed by atoms with E-state index in [1.165, 1.54) is 0 Å². The first kappa shape index (κ1) is 18.1. The number of hydrogen-bond donors (Lipinski definition) is 1. The van der Waals surface area contributed by atoms with Gasteiger partial charge in [-0.05, 0) is 19.1 Å². The van der Waals surface area contributed by atoms with Crippen molar-refractivity contribution in [3.8, 4) is 0 Å². The molecule has 3 rings (SSSR count). The van der Waals surface area contributed by atoms with Crippen molar-refractivity contribution in [2.75, 3.05) is 33.2 Å². The fraction of sp³-hybridized carbons (Fsp3) is 0.389. The lowest BCUT2D eigenvalue weighted by Gasteiger charge is -2.12. The fourth-order valence-electron chi connectivity index (χ4n) is 2.84. The second kappa shape index (κ2) is 7.67. The van der Waals surface area contributed by atoms with E-state index in [-0.39, 0.29) is 11.4 Å². The number of anilines is 1. The van der Waals surface area contributed by atoms with E-state index in [1.54, 1.807) is 25.7 Å². The van der Waals surface area contributed by atoms with Gasteiger partial charge in [0.2, 0.25) is 0 Å². The molecule has 138 valence electrons. The SMILES string of the molecule is COCCn1c(N)c(C(=O)O[C@H](C)COC)c2nc3ccccc3nc21. The van der Waals surface area contributed by atoms with Crippen LogP contribution in [0.3, 0.4) is 0 Å². The van der Waals surface area contributed by atoms with Crippen LogP contribution in [0.1, 0.15) is 17.3 Å². The molecule has 0 aliphatic rings. The van der Waals surface area contributed by atoms with E-state index in [9.17, 15) is 4.79 Å². The molecule has 0 bridgehead atoms. The van der Waals surface area contributed by atoms with Gasteiger partial charge in [0.15, 0.2) is 5.65 Å². The lowest BCUT2D eigenvalue weighted by Crippen LogP contribution is -2.20. The Kier molecular flexibility index (Phi) is 5.34. The van der Waals surface area contributed by atoms with Crippen LogP contribution < -0.4 is 5.73 Å². The van der Waals surface area contributed by atoms with E-state index >= 15 is 0 Å². The summed E-state index contributed by atoms with van der Waals surface area (Å²) in [5.74, 6) is -0.278. The molecule has 0 aliphatic carbocycles. The Balaban J connectivity index is 2.15. The molecule has 3 aromatic rings. The van der Waals surface area contributed by atoms with E-state index in [2.05, 4.69) is 9.97 Å². The van der Waals surface area contributed by atoms with Crippen molar-refractivity contribution in [2.24, 2.45) is 0 Å². The summed E-state index contributed by atoms with van der Waals surface area (Å²) in [5.41, 5.74) is 8.85. The number of nitrogens with two attached hydrogens (primary N) is 1. The van der Waals surface area contributed by atoms with E-state index in [1.807, 2.05) is 24.3 Å². The van der Waals surface area contributed by atoms with Gasteiger partial charge in [0.1, 0.15) is 23.0 Å². The summed E-state index contributed by atoms with van der Waals surface area (Å²) in [6, 6.07) is 7.46. The number of carbonyl (C=O) groups excluding carboxylic acids is 1. The molecule has 26 heavy (non-hydrogen) atoms. The maximum Gasteiger partial charge on any atom is 0.344 e. The van der Waals surface area contributed by atoms with Gasteiger partial charge in [-0.25, -0.2) is 14.8 Å². The first-order chi connectivity index (χ1) is 12.6. The summed E-state index contributed by atoms with van der Waals surface area (Å²) in [4.78, 5) is 22.0. The Morgan fingerprint density at radius 2 is 1.88 bits per heavy atom. The Hall–Kier alpha value is -2.71. The van der Waals surface area contributed by atoms with Crippen LogP contribution in [-0.2, 0) is 20.8 Å². The van der Waals surface area contributed by atoms with Gasteiger partial charge >= 0.3 is 5.97 Å². The Morgan fingerprint density at radius 1 is 1.19 bits per heavy atom. The minimum Gasteiger partial charge on any atom is -0.456 e. The van der Waals surface area contributed by atoms with Gasteiger partial charge in [0.05, 0.1) is 24.2 Å². The first-order valence-electron chi connectivity index (χ1n) is 8.30. The molecule has 0 aliphatic heterocycles. The molecule has 1 aromatic carbocycles. The molecule has 2 N–H and O–H groups in total. The van der Waals surface area contributed by atoms with Crippen LogP contribution in [-0.4, -0.2) is 54.0 Å². The van der Waals surface area contributed by atoms with E-state index in [4.69, 9.17) is 19.9 Å². The number of rotatable bonds is 7. The van der Waals surface area contributed by atoms with Crippen LogP contribution in [0.15, 0.2) is 24.3 Å². The molecule has 0 fully saturated rings. The third kappa shape index (κ3) is 3.33. The maximum atomic E-state index is 12.7. The van der Waals surface area contributed by atoms with E-state index in [0.29, 0.717) is 36.4 Å². The molecule has 2 heterocycles. The minimum atomic E-state index is -0.544. The fourth-order valence-corrected chi connectivity index (χ4v) is 2.84. The normalized spacial score (nSPS) is 12.6. The van der Waals surface area contributed by atoms with E-state index in [0.717, 1.165) is 5.52 Å². The van der Waals surface area contributed by atoms with Gasteiger partial charge in [-0.3, -0.25) is 0 Å². The van der Waals surface area contributed by atoms with E-state index < -0.39 is 12.1 Å². The summed E-state index contributed by atoms with van der Waals surface area (Å²) in [5, 5.41) is 0. The molecular weight excluding hydrogens is 336 g/mol. The maximum absolute atomic E-state index is 12.7. The third-order valence-electron chi connectivity index (χ3n) is 4.02. The van der Waals surface area contributed by atoms with Gasteiger partial charge in [0, 0.05) is 20.8 Å². The van der Waals surface area contributed by atoms with Crippen molar-refractivity contribution in [3.05, 3.63) is 29.8 Å². The van der Waals surface area contributed by atoms with Crippen molar-refractivity contribution in [1.29, 1.82) is 0 Å². The molecule has 0 radical (unpaired) electrons. The number of carbonyl (C=O) groups is 1. The zero-order valence-electron chi connectivity index (χ0n) is 15.1. The van der Waals surface area contributed by atoms with Crippen LogP contribution in [0.4, 0.5) is 5.82 Å². The van der Waals surface area contributed by atoms with Crippen LogP contribution >= 0.6 is 0 Å². The number of nitrogens with zero attached hydrogens (tertiary/aromatic N) is 3. The molecule has 8 nitrogen and oxygen atoms in total. The highest BCUT2D eigenvalue weighted by atomic mass is 16.6. The summed E-state index contributed by atoms with van der Waals surface area (Å²) >= 11 is 0. The van der Waals surface area contributed by atoms with Crippen LogP contribution in [0, 0.1) is 0 Å². The first-order valence-corrected chi connectivity index (χ1v) is 8.30. The number of ether oxygens (including phenoxy) is 3. The molecule has 0 amide bonds. The molecule has 0 saturated heterocycles. The average Bonchev–Trinajstić information content (AvgIpc) is 2.88. The highest BCUT2D eigenvalue weighted by Gasteiger charge is 2.26. The molecule has 2 aromatic heterocycles. The zero-order valence-corrected chi connectivity index (χ0v) is 15.1. The minimum absolute atomic E-state index is 0.220. The third-order valence-corrected chi connectivity index (χ3v) is 4.02. The molecule has 8 heteroatoms. The van der Waals surface area contributed by atoms with Crippen molar-refractivity contribution in [2.45, 2.75) is 19.6 Å². The summed E-state index contributed by atoms with van der Waals surface area (Å²) < 4.78 is 17.3. The number of nitrogen functional groups attached to an aromatic ring is 1. The van der Waals surface area contributed by atoms with Gasteiger partial charge < -0.3 is 24.5 Å². The van der Waals surface area contributed by atoms with Crippen molar-refractivity contribution >= 4 is 34.0 Å². The van der Waals surface area contributed by atoms with Crippen LogP contribution in [0.2, 0.25) is 0 Å². The van der Waals surface area contributed by atoms with Crippen molar-refractivity contribution in [1.82, 2.24) is 14.5 Å². The van der Waals surface area contributed by atoms with Gasteiger partial charge in [0.25, 0.3) is 0 Å². The average molecular weight is 358 g/mol. The Labute approximate surface area is 150 Å². The quantitative estimate of drug-likeness (QED) is 0.645. The molecule has 1 atom stereocenters.